The number of aliphatic imine (C=N–C) groups is 1. The molecule has 1 N–H and O–H groups in total. The first kappa shape index (κ1) is 21.7. The van der Waals surface area contributed by atoms with Crippen molar-refractivity contribution in [3.05, 3.63) is 0 Å². The maximum atomic E-state index is 11.0. The van der Waals surface area contributed by atoms with Gasteiger partial charge in [0.05, 0.1) is 7.11 Å². The largest absolute Gasteiger partial charge is 0.469 e. The highest BCUT2D eigenvalue weighted by atomic mass is 16.5. The number of hydrogen-bond donors (Lipinski definition) is 1. The van der Waals surface area contributed by atoms with E-state index < -0.39 is 0 Å². The van der Waals surface area contributed by atoms with Crippen LogP contribution in [0.5, 0.6) is 0 Å². The second kappa shape index (κ2) is 13.9. The number of unbranched alkanes of at least 4 members (excludes halogenated alkanes) is 3. The predicted molar refractivity (Wildman–Crippen MR) is 102 cm³/mol. The Balaban J connectivity index is 2.21. The minimum absolute atomic E-state index is 0.112. The number of rotatable bonds is 11. The molecule has 0 aromatic heterocycles. The average Bonchev–Trinajstić information content (AvgIpc) is 2.65. The van der Waals surface area contributed by atoms with Gasteiger partial charge in [-0.3, -0.25) is 9.79 Å². The second-order valence-electron chi connectivity index (χ2n) is 6.74. The first-order valence-corrected chi connectivity index (χ1v) is 9.81. The first-order valence-electron chi connectivity index (χ1n) is 9.81. The lowest BCUT2D eigenvalue weighted by Crippen LogP contribution is -2.40. The number of guanidine groups is 1. The molecule has 1 aliphatic rings. The summed E-state index contributed by atoms with van der Waals surface area (Å²) in [7, 11) is 3.56. The molecular formula is C19H37N3O3. The third-order valence-corrected chi connectivity index (χ3v) is 4.69. The van der Waals surface area contributed by atoms with Gasteiger partial charge < -0.3 is 19.7 Å². The zero-order valence-electron chi connectivity index (χ0n) is 16.4. The normalized spacial score (nSPS) is 15.9. The molecule has 0 atom stereocenters. The molecule has 6 heteroatoms. The van der Waals surface area contributed by atoms with Crippen molar-refractivity contribution in [1.82, 2.24) is 10.2 Å². The maximum Gasteiger partial charge on any atom is 0.305 e. The van der Waals surface area contributed by atoms with Crippen LogP contribution >= 0.6 is 0 Å². The minimum Gasteiger partial charge on any atom is -0.469 e. The summed E-state index contributed by atoms with van der Waals surface area (Å²) in [5, 5.41) is 3.38. The van der Waals surface area contributed by atoms with E-state index in [1.807, 2.05) is 0 Å². The Morgan fingerprint density at radius 1 is 1.24 bits per heavy atom. The van der Waals surface area contributed by atoms with Crippen LogP contribution in [-0.2, 0) is 14.3 Å². The summed E-state index contributed by atoms with van der Waals surface area (Å²) in [6, 6.07) is 0. The summed E-state index contributed by atoms with van der Waals surface area (Å²) in [6.07, 6.45) is 8.23. The molecule has 1 aliphatic heterocycles. The molecule has 0 amide bonds. The molecule has 0 bridgehead atoms. The number of carbonyl (C=O) groups is 1. The van der Waals surface area contributed by atoms with Crippen LogP contribution in [0.4, 0.5) is 0 Å². The van der Waals surface area contributed by atoms with Gasteiger partial charge >= 0.3 is 5.97 Å². The summed E-state index contributed by atoms with van der Waals surface area (Å²) < 4.78 is 10.1. The smallest absolute Gasteiger partial charge is 0.305 e. The topological polar surface area (TPSA) is 63.2 Å². The standard InChI is InChI=1S/C19H37N3O3/c1-4-20-19(21-13-8-6-5-7-9-18(23)24-3)22(2)14-10-17-11-15-25-16-12-17/h17H,4-16H2,1-3H3,(H,20,21). The lowest BCUT2D eigenvalue weighted by Gasteiger charge is -2.26. The summed E-state index contributed by atoms with van der Waals surface area (Å²) in [6.45, 7) is 6.70. The van der Waals surface area contributed by atoms with Crippen molar-refractivity contribution in [3.63, 3.8) is 0 Å². The summed E-state index contributed by atoms with van der Waals surface area (Å²) in [5.74, 6) is 1.68. The van der Waals surface area contributed by atoms with Gasteiger partial charge in [0.25, 0.3) is 0 Å². The average molecular weight is 356 g/mol. The van der Waals surface area contributed by atoms with Crippen molar-refractivity contribution >= 4 is 11.9 Å². The van der Waals surface area contributed by atoms with Gasteiger partial charge in [-0.1, -0.05) is 12.8 Å². The van der Waals surface area contributed by atoms with E-state index in [0.29, 0.717) is 6.42 Å². The van der Waals surface area contributed by atoms with E-state index in [2.05, 4.69) is 28.9 Å². The van der Waals surface area contributed by atoms with E-state index in [1.165, 1.54) is 26.4 Å². The van der Waals surface area contributed by atoms with Crippen molar-refractivity contribution in [1.29, 1.82) is 0 Å². The Labute approximate surface area is 153 Å². The van der Waals surface area contributed by atoms with Gasteiger partial charge in [-0.25, -0.2) is 0 Å². The van der Waals surface area contributed by atoms with Crippen molar-refractivity contribution in [3.8, 4) is 0 Å². The van der Waals surface area contributed by atoms with Crippen LogP contribution in [0.15, 0.2) is 4.99 Å². The molecule has 1 heterocycles. The highest BCUT2D eigenvalue weighted by Gasteiger charge is 2.15. The zero-order valence-corrected chi connectivity index (χ0v) is 16.4. The van der Waals surface area contributed by atoms with Crippen molar-refractivity contribution in [2.75, 3.05) is 47.0 Å². The Morgan fingerprint density at radius 3 is 2.64 bits per heavy atom. The molecule has 1 rings (SSSR count). The lowest BCUT2D eigenvalue weighted by molar-refractivity contribution is -0.140. The third-order valence-electron chi connectivity index (χ3n) is 4.69. The molecule has 25 heavy (non-hydrogen) atoms. The fourth-order valence-electron chi connectivity index (χ4n) is 3.01. The van der Waals surface area contributed by atoms with E-state index >= 15 is 0 Å². The van der Waals surface area contributed by atoms with E-state index in [9.17, 15) is 4.79 Å². The van der Waals surface area contributed by atoms with Crippen molar-refractivity contribution < 1.29 is 14.3 Å². The highest BCUT2D eigenvalue weighted by Crippen LogP contribution is 2.18. The molecule has 1 saturated heterocycles. The van der Waals surface area contributed by atoms with E-state index in [-0.39, 0.29) is 5.97 Å². The first-order chi connectivity index (χ1) is 12.2. The zero-order chi connectivity index (χ0) is 18.3. The second-order valence-corrected chi connectivity index (χ2v) is 6.74. The third kappa shape index (κ3) is 10.3. The van der Waals surface area contributed by atoms with Crippen LogP contribution in [0.25, 0.3) is 0 Å². The van der Waals surface area contributed by atoms with Crippen molar-refractivity contribution in [2.45, 2.75) is 58.3 Å². The van der Waals surface area contributed by atoms with Crippen LogP contribution in [0.3, 0.4) is 0 Å². The molecule has 146 valence electrons. The molecular weight excluding hydrogens is 318 g/mol. The summed E-state index contributed by atoms with van der Waals surface area (Å²) in [5.41, 5.74) is 0. The quantitative estimate of drug-likeness (QED) is 0.267. The van der Waals surface area contributed by atoms with Gasteiger partial charge in [0.1, 0.15) is 0 Å². The van der Waals surface area contributed by atoms with Gasteiger partial charge in [-0.2, -0.15) is 0 Å². The molecule has 0 aromatic carbocycles. The monoisotopic (exact) mass is 355 g/mol. The van der Waals surface area contributed by atoms with Gasteiger partial charge in [-0.05, 0) is 44.9 Å². The summed E-state index contributed by atoms with van der Waals surface area (Å²) in [4.78, 5) is 18.0. The number of hydrogen-bond acceptors (Lipinski definition) is 4. The van der Waals surface area contributed by atoms with Crippen LogP contribution < -0.4 is 5.32 Å². The Hall–Kier alpha value is -1.30. The number of nitrogens with zero attached hydrogens (tertiary/aromatic N) is 2. The molecule has 0 spiro atoms. The molecule has 0 radical (unpaired) electrons. The Bertz CT molecular complexity index is 382. The molecule has 0 saturated carbocycles. The van der Waals surface area contributed by atoms with Crippen LogP contribution in [0.1, 0.15) is 58.3 Å². The lowest BCUT2D eigenvalue weighted by atomic mass is 9.96. The van der Waals surface area contributed by atoms with Crippen LogP contribution in [-0.4, -0.2) is 63.8 Å². The Kier molecular flexibility index (Phi) is 12.1. The fraction of sp³-hybridized carbons (Fsp3) is 0.895. The van der Waals surface area contributed by atoms with Gasteiger partial charge in [0, 0.05) is 46.3 Å². The van der Waals surface area contributed by atoms with E-state index in [4.69, 9.17) is 9.73 Å². The summed E-state index contributed by atoms with van der Waals surface area (Å²) >= 11 is 0. The molecule has 0 aliphatic carbocycles. The SMILES string of the molecule is CCNC(=NCCCCCCC(=O)OC)N(C)CCC1CCOCC1. The fourth-order valence-corrected chi connectivity index (χ4v) is 3.01. The predicted octanol–water partition coefficient (Wildman–Crippen LogP) is 2.82. The number of ether oxygens (including phenoxy) is 2. The highest BCUT2D eigenvalue weighted by molar-refractivity contribution is 5.79. The van der Waals surface area contributed by atoms with Gasteiger partial charge in [-0.15, -0.1) is 0 Å². The molecule has 6 nitrogen and oxygen atoms in total. The van der Waals surface area contributed by atoms with E-state index in [0.717, 1.165) is 70.4 Å². The number of esters is 1. The van der Waals surface area contributed by atoms with Crippen LogP contribution in [0, 0.1) is 5.92 Å². The minimum atomic E-state index is -0.112. The van der Waals surface area contributed by atoms with Crippen LogP contribution in [0.2, 0.25) is 0 Å². The molecule has 1 fully saturated rings. The number of nitrogens with one attached hydrogen (secondary N) is 1. The van der Waals surface area contributed by atoms with E-state index in [1.54, 1.807) is 0 Å². The molecule has 0 aromatic rings. The van der Waals surface area contributed by atoms with Gasteiger partial charge in [0.2, 0.25) is 0 Å². The number of carbonyl (C=O) groups excluding carboxylic acids is 1. The Morgan fingerprint density at radius 2 is 1.96 bits per heavy atom. The van der Waals surface area contributed by atoms with Gasteiger partial charge in [0.15, 0.2) is 5.96 Å². The number of methoxy groups -OCH3 is 1. The maximum absolute atomic E-state index is 11.0. The van der Waals surface area contributed by atoms with Crippen molar-refractivity contribution in [2.24, 2.45) is 10.9 Å². The molecule has 0 unspecified atom stereocenters.